The molecule has 0 saturated heterocycles. The van der Waals surface area contributed by atoms with Crippen LogP contribution in [0, 0.1) is 0 Å². The Bertz CT molecular complexity index is 2310. The van der Waals surface area contributed by atoms with Gasteiger partial charge in [-0.25, -0.2) is 9.97 Å². The van der Waals surface area contributed by atoms with E-state index in [0.29, 0.717) is 23.1 Å². The number of para-hydroxylation sites is 2. The van der Waals surface area contributed by atoms with Crippen LogP contribution in [0.1, 0.15) is 0 Å². The van der Waals surface area contributed by atoms with E-state index in [1.807, 2.05) is 97.1 Å². The fraction of sp³-hybridized carbons (Fsp3) is 0. The second-order valence-corrected chi connectivity index (χ2v) is 10.7. The molecule has 0 fully saturated rings. The molecule has 0 spiro atoms. The zero-order valence-corrected chi connectivity index (χ0v) is 23.3. The molecule has 9 rings (SSSR count). The molecule has 5 aromatic carbocycles. The highest BCUT2D eigenvalue weighted by atomic mass is 16.3. The number of hydrogen-bond acceptors (Lipinski definition) is 6. The molecule has 0 aliphatic heterocycles. The Morgan fingerprint density at radius 2 is 0.727 bits per heavy atom. The highest BCUT2D eigenvalue weighted by Crippen LogP contribution is 2.39. The Morgan fingerprint density at radius 3 is 1.16 bits per heavy atom. The minimum absolute atomic E-state index is 0.564. The van der Waals surface area contributed by atoms with Crippen molar-refractivity contribution in [3.05, 3.63) is 133 Å². The first-order chi connectivity index (χ1) is 21.8. The molecule has 0 radical (unpaired) electrons. The molecule has 0 saturated carbocycles. The molecule has 206 valence electrons. The number of aromatic nitrogens is 4. The van der Waals surface area contributed by atoms with Gasteiger partial charge in [-0.3, -0.25) is 0 Å². The Kier molecular flexibility index (Phi) is 5.40. The van der Waals surface area contributed by atoms with Gasteiger partial charge in [0.05, 0.1) is 22.2 Å². The standard InChI is InChI=1S/C38H22N4O2/c1-3-11-25(12-4-1)35-39-33(31-27-15-7-9-17-29(27)43-37(31)41-35)23-19-21-24(22-20-23)34-32-28-16-8-10-18-30(28)44-38(32)42-36(40-34)26-13-5-2-6-14-26/h1-22H. The lowest BCUT2D eigenvalue weighted by Gasteiger charge is -2.09. The van der Waals surface area contributed by atoms with Gasteiger partial charge in [0, 0.05) is 33.0 Å². The highest BCUT2D eigenvalue weighted by Gasteiger charge is 2.20. The van der Waals surface area contributed by atoms with Gasteiger partial charge in [0.25, 0.3) is 0 Å². The number of fused-ring (bicyclic) bond motifs is 6. The predicted molar refractivity (Wildman–Crippen MR) is 174 cm³/mol. The van der Waals surface area contributed by atoms with E-state index in [2.05, 4.69) is 36.4 Å². The fourth-order valence-corrected chi connectivity index (χ4v) is 5.88. The lowest BCUT2D eigenvalue weighted by atomic mass is 10.0. The number of hydrogen-bond donors (Lipinski definition) is 0. The normalized spacial score (nSPS) is 11.6. The van der Waals surface area contributed by atoms with Gasteiger partial charge in [-0.15, -0.1) is 0 Å². The average molecular weight is 567 g/mol. The van der Waals surface area contributed by atoms with Crippen LogP contribution in [-0.2, 0) is 0 Å². The highest BCUT2D eigenvalue weighted by molar-refractivity contribution is 6.12. The molecule has 0 unspecified atom stereocenters. The average Bonchev–Trinajstić information content (AvgIpc) is 3.67. The Morgan fingerprint density at radius 1 is 0.341 bits per heavy atom. The first-order valence-electron chi connectivity index (χ1n) is 14.4. The van der Waals surface area contributed by atoms with Crippen LogP contribution in [0.5, 0.6) is 0 Å². The van der Waals surface area contributed by atoms with E-state index in [1.165, 1.54) is 0 Å². The molecule has 0 amide bonds. The van der Waals surface area contributed by atoms with Crippen LogP contribution in [0.4, 0.5) is 0 Å². The van der Waals surface area contributed by atoms with Crippen molar-refractivity contribution in [2.75, 3.05) is 0 Å². The minimum Gasteiger partial charge on any atom is -0.438 e. The van der Waals surface area contributed by atoms with E-state index < -0.39 is 0 Å². The third kappa shape index (κ3) is 3.89. The SMILES string of the molecule is c1ccc(-c2nc(-c3ccc(-c4nc(-c5ccccc5)nc5oc6ccccc6c45)cc3)c3c(n2)oc2ccccc23)cc1. The monoisotopic (exact) mass is 566 g/mol. The van der Waals surface area contributed by atoms with Gasteiger partial charge in [-0.2, -0.15) is 9.97 Å². The summed E-state index contributed by atoms with van der Waals surface area (Å²) in [6.45, 7) is 0. The molecule has 0 N–H and O–H groups in total. The summed E-state index contributed by atoms with van der Waals surface area (Å²) in [7, 11) is 0. The van der Waals surface area contributed by atoms with Gasteiger partial charge < -0.3 is 8.83 Å². The largest absolute Gasteiger partial charge is 0.438 e. The van der Waals surface area contributed by atoms with Crippen LogP contribution in [-0.4, -0.2) is 19.9 Å². The van der Waals surface area contributed by atoms with Gasteiger partial charge in [0.2, 0.25) is 11.4 Å². The molecule has 0 aliphatic carbocycles. The summed E-state index contributed by atoms with van der Waals surface area (Å²) in [5.74, 6) is 1.23. The number of benzene rings is 5. The number of rotatable bonds is 4. The fourth-order valence-electron chi connectivity index (χ4n) is 5.88. The zero-order valence-electron chi connectivity index (χ0n) is 23.3. The number of furan rings is 2. The smallest absolute Gasteiger partial charge is 0.231 e. The van der Waals surface area contributed by atoms with E-state index in [-0.39, 0.29) is 0 Å². The van der Waals surface area contributed by atoms with Gasteiger partial charge in [-0.05, 0) is 12.1 Å². The zero-order chi connectivity index (χ0) is 29.0. The van der Waals surface area contributed by atoms with E-state index >= 15 is 0 Å². The maximum Gasteiger partial charge on any atom is 0.231 e. The maximum absolute atomic E-state index is 6.23. The van der Waals surface area contributed by atoms with E-state index in [1.54, 1.807) is 0 Å². The van der Waals surface area contributed by atoms with Gasteiger partial charge in [-0.1, -0.05) is 121 Å². The van der Waals surface area contributed by atoms with Crippen molar-refractivity contribution >= 4 is 44.1 Å². The van der Waals surface area contributed by atoms with Gasteiger partial charge >= 0.3 is 0 Å². The van der Waals surface area contributed by atoms with Crippen LogP contribution in [0.25, 0.3) is 89.4 Å². The molecule has 44 heavy (non-hydrogen) atoms. The second kappa shape index (κ2) is 9.71. The van der Waals surface area contributed by atoms with Crippen LogP contribution in [0.3, 0.4) is 0 Å². The predicted octanol–water partition coefficient (Wildman–Crippen LogP) is 9.73. The summed E-state index contributed by atoms with van der Waals surface area (Å²) in [5.41, 5.74) is 8.09. The van der Waals surface area contributed by atoms with E-state index in [4.69, 9.17) is 28.8 Å². The van der Waals surface area contributed by atoms with Crippen molar-refractivity contribution in [3.8, 4) is 45.3 Å². The van der Waals surface area contributed by atoms with Crippen LogP contribution < -0.4 is 0 Å². The topological polar surface area (TPSA) is 77.8 Å². The van der Waals surface area contributed by atoms with Gasteiger partial charge in [0.1, 0.15) is 11.2 Å². The van der Waals surface area contributed by atoms with Crippen LogP contribution >= 0.6 is 0 Å². The lowest BCUT2D eigenvalue weighted by Crippen LogP contribution is -1.95. The Balaban J connectivity index is 1.25. The molecular weight excluding hydrogens is 544 g/mol. The molecule has 0 bridgehead atoms. The maximum atomic E-state index is 6.23. The molecule has 9 aromatic rings. The van der Waals surface area contributed by atoms with Crippen LogP contribution in [0.2, 0.25) is 0 Å². The first-order valence-corrected chi connectivity index (χ1v) is 14.4. The van der Waals surface area contributed by atoms with Crippen molar-refractivity contribution in [2.24, 2.45) is 0 Å². The molecule has 6 heteroatoms. The van der Waals surface area contributed by atoms with Crippen molar-refractivity contribution in [3.63, 3.8) is 0 Å². The summed E-state index contributed by atoms with van der Waals surface area (Å²) < 4.78 is 12.5. The summed E-state index contributed by atoms with van der Waals surface area (Å²) in [4.78, 5) is 19.8. The molecule has 4 aromatic heterocycles. The van der Waals surface area contributed by atoms with Crippen LogP contribution in [0.15, 0.2) is 142 Å². The second-order valence-electron chi connectivity index (χ2n) is 10.7. The summed E-state index contributed by atoms with van der Waals surface area (Å²) in [6.07, 6.45) is 0. The van der Waals surface area contributed by atoms with Crippen molar-refractivity contribution in [1.29, 1.82) is 0 Å². The van der Waals surface area contributed by atoms with Crippen molar-refractivity contribution < 1.29 is 8.83 Å². The Hall–Kier alpha value is -6.14. The summed E-state index contributed by atoms with van der Waals surface area (Å²) in [5, 5.41) is 3.75. The number of nitrogens with zero attached hydrogens (tertiary/aromatic N) is 4. The third-order valence-corrected chi connectivity index (χ3v) is 7.97. The molecule has 0 atom stereocenters. The molecule has 0 aliphatic rings. The molecule has 4 heterocycles. The minimum atomic E-state index is 0.564. The van der Waals surface area contributed by atoms with E-state index in [9.17, 15) is 0 Å². The van der Waals surface area contributed by atoms with E-state index in [0.717, 1.165) is 66.4 Å². The van der Waals surface area contributed by atoms with Crippen molar-refractivity contribution in [2.45, 2.75) is 0 Å². The lowest BCUT2D eigenvalue weighted by molar-refractivity contribution is 0.653. The Labute approximate surface area is 251 Å². The van der Waals surface area contributed by atoms with Gasteiger partial charge in [0.15, 0.2) is 11.6 Å². The van der Waals surface area contributed by atoms with Crippen molar-refractivity contribution in [1.82, 2.24) is 19.9 Å². The summed E-state index contributed by atoms with van der Waals surface area (Å²) in [6, 6.07) is 44.3. The molecule has 6 nitrogen and oxygen atoms in total. The summed E-state index contributed by atoms with van der Waals surface area (Å²) >= 11 is 0. The quantitative estimate of drug-likeness (QED) is 0.211. The first kappa shape index (κ1) is 24.5. The third-order valence-electron chi connectivity index (χ3n) is 7.97. The molecular formula is C38H22N4O2.